The average molecular weight is 444 g/mol. The van der Waals surface area contributed by atoms with Crippen LogP contribution >= 0.6 is 23.8 Å². The third kappa shape index (κ3) is 4.38. The number of hydrogen-bond donors (Lipinski definition) is 0. The molecule has 0 bridgehead atoms. The van der Waals surface area contributed by atoms with Gasteiger partial charge in [-0.05, 0) is 55.0 Å². The molecule has 8 heteroatoms. The zero-order valence-corrected chi connectivity index (χ0v) is 18.9. The van der Waals surface area contributed by atoms with E-state index in [9.17, 15) is 0 Å². The van der Waals surface area contributed by atoms with E-state index in [1.54, 1.807) is 7.11 Å². The van der Waals surface area contributed by atoms with E-state index < -0.39 is 0 Å². The van der Waals surface area contributed by atoms with Gasteiger partial charge in [0.25, 0.3) is 0 Å². The van der Waals surface area contributed by atoms with Gasteiger partial charge in [0.05, 0.1) is 18.8 Å². The molecule has 4 rings (SSSR count). The quantitative estimate of drug-likeness (QED) is 0.545. The maximum absolute atomic E-state index is 6.38. The SMILES string of the molecule is COc1ccc(N2CCCN(Cn3nc(-c4ccccc4Cl)n(C)c3=S)CC2)cc1. The van der Waals surface area contributed by atoms with Crippen molar-refractivity contribution in [1.29, 1.82) is 0 Å². The van der Waals surface area contributed by atoms with E-state index in [-0.39, 0.29) is 0 Å². The summed E-state index contributed by atoms with van der Waals surface area (Å²) in [5, 5.41) is 5.46. The number of halogens is 1. The Kier molecular flexibility index (Phi) is 6.41. The third-order valence-electron chi connectivity index (χ3n) is 5.52. The van der Waals surface area contributed by atoms with Gasteiger partial charge in [-0.25, -0.2) is 4.68 Å². The van der Waals surface area contributed by atoms with Crippen LogP contribution in [0.5, 0.6) is 5.75 Å². The van der Waals surface area contributed by atoms with Gasteiger partial charge >= 0.3 is 0 Å². The van der Waals surface area contributed by atoms with Crippen LogP contribution in [-0.2, 0) is 13.7 Å². The number of ether oxygens (including phenoxy) is 1. The van der Waals surface area contributed by atoms with Gasteiger partial charge in [0, 0.05) is 44.5 Å². The summed E-state index contributed by atoms with van der Waals surface area (Å²) < 4.78 is 9.79. The lowest BCUT2D eigenvalue weighted by atomic mass is 10.2. The molecular weight excluding hydrogens is 418 g/mol. The number of rotatable bonds is 5. The van der Waals surface area contributed by atoms with Crippen molar-refractivity contribution in [2.24, 2.45) is 7.05 Å². The summed E-state index contributed by atoms with van der Waals surface area (Å²) in [5.41, 5.74) is 2.13. The van der Waals surface area contributed by atoms with Crippen molar-refractivity contribution < 1.29 is 4.74 Å². The molecule has 1 fully saturated rings. The van der Waals surface area contributed by atoms with Crippen LogP contribution in [0.2, 0.25) is 5.02 Å². The summed E-state index contributed by atoms with van der Waals surface area (Å²) in [7, 11) is 3.64. The highest BCUT2D eigenvalue weighted by Gasteiger charge is 2.18. The van der Waals surface area contributed by atoms with Crippen molar-refractivity contribution in [1.82, 2.24) is 19.2 Å². The molecule has 2 aromatic carbocycles. The Morgan fingerprint density at radius 2 is 1.80 bits per heavy atom. The number of methoxy groups -OCH3 is 1. The molecule has 158 valence electrons. The van der Waals surface area contributed by atoms with E-state index in [0.717, 1.165) is 49.7 Å². The predicted molar refractivity (Wildman–Crippen MR) is 124 cm³/mol. The molecular formula is C22H26ClN5OS. The lowest BCUT2D eigenvalue weighted by Gasteiger charge is -2.23. The summed E-state index contributed by atoms with van der Waals surface area (Å²) in [4.78, 5) is 4.83. The minimum Gasteiger partial charge on any atom is -0.497 e. The fraction of sp³-hybridized carbons (Fsp3) is 0.364. The highest BCUT2D eigenvalue weighted by Crippen LogP contribution is 2.26. The molecule has 0 spiro atoms. The Morgan fingerprint density at radius 3 is 2.53 bits per heavy atom. The minimum atomic E-state index is 0.674. The first-order valence-electron chi connectivity index (χ1n) is 10.1. The van der Waals surface area contributed by atoms with E-state index in [2.05, 4.69) is 21.9 Å². The van der Waals surface area contributed by atoms with Crippen LogP contribution in [0.4, 0.5) is 5.69 Å². The standard InChI is InChI=1S/C22H26ClN5OS/c1-25-21(19-6-3-4-7-20(19)23)24-28(22(25)30)16-26-12-5-13-27(15-14-26)17-8-10-18(29-2)11-9-17/h3-4,6-11H,5,12-16H2,1-2H3. The summed E-state index contributed by atoms with van der Waals surface area (Å²) in [6.45, 7) is 4.62. The normalized spacial score (nSPS) is 15.2. The molecule has 2 heterocycles. The van der Waals surface area contributed by atoms with Crippen LogP contribution in [0.1, 0.15) is 6.42 Å². The van der Waals surface area contributed by atoms with E-state index in [0.29, 0.717) is 16.5 Å². The molecule has 0 aliphatic carbocycles. The van der Waals surface area contributed by atoms with Gasteiger partial charge in [-0.15, -0.1) is 0 Å². The van der Waals surface area contributed by atoms with Gasteiger partial charge in [-0.2, -0.15) is 5.10 Å². The molecule has 0 atom stereocenters. The highest BCUT2D eigenvalue weighted by atomic mass is 35.5. The maximum Gasteiger partial charge on any atom is 0.199 e. The van der Waals surface area contributed by atoms with Gasteiger partial charge in [0.2, 0.25) is 0 Å². The first-order chi connectivity index (χ1) is 14.6. The molecule has 1 aliphatic heterocycles. The van der Waals surface area contributed by atoms with Crippen molar-refractivity contribution in [3.63, 3.8) is 0 Å². The molecule has 6 nitrogen and oxygen atoms in total. The first-order valence-corrected chi connectivity index (χ1v) is 10.9. The van der Waals surface area contributed by atoms with Crippen molar-refractivity contribution in [3.05, 3.63) is 58.3 Å². The summed E-state index contributed by atoms with van der Waals surface area (Å²) >= 11 is 12.0. The lowest BCUT2D eigenvalue weighted by Crippen LogP contribution is -2.32. The summed E-state index contributed by atoms with van der Waals surface area (Å²) in [6.07, 6.45) is 1.09. The van der Waals surface area contributed by atoms with Crippen LogP contribution in [-0.4, -0.2) is 52.5 Å². The molecule has 0 saturated carbocycles. The minimum absolute atomic E-state index is 0.674. The largest absolute Gasteiger partial charge is 0.497 e. The molecule has 0 radical (unpaired) electrons. The Balaban J connectivity index is 1.47. The zero-order chi connectivity index (χ0) is 21.1. The van der Waals surface area contributed by atoms with E-state index in [4.69, 9.17) is 33.7 Å². The molecule has 1 aromatic heterocycles. The first kappa shape index (κ1) is 20.9. The number of hydrogen-bond acceptors (Lipinski definition) is 5. The number of anilines is 1. The average Bonchev–Trinajstić information content (AvgIpc) is 2.93. The number of nitrogens with zero attached hydrogens (tertiary/aromatic N) is 5. The van der Waals surface area contributed by atoms with E-state index in [1.165, 1.54) is 5.69 Å². The van der Waals surface area contributed by atoms with Gasteiger partial charge in [0.1, 0.15) is 5.75 Å². The predicted octanol–water partition coefficient (Wildman–Crippen LogP) is 4.45. The van der Waals surface area contributed by atoms with Crippen molar-refractivity contribution in [2.75, 3.05) is 38.2 Å². The molecule has 0 amide bonds. The van der Waals surface area contributed by atoms with Crippen LogP contribution in [0.15, 0.2) is 48.5 Å². The van der Waals surface area contributed by atoms with Gasteiger partial charge in [-0.1, -0.05) is 23.7 Å². The molecule has 0 N–H and O–H groups in total. The third-order valence-corrected chi connectivity index (χ3v) is 6.33. The second kappa shape index (κ2) is 9.20. The van der Waals surface area contributed by atoms with Crippen LogP contribution in [0, 0.1) is 4.77 Å². The molecule has 30 heavy (non-hydrogen) atoms. The Morgan fingerprint density at radius 1 is 1.03 bits per heavy atom. The Bertz CT molecular complexity index is 1060. The molecule has 0 unspecified atom stereocenters. The Labute approximate surface area is 187 Å². The van der Waals surface area contributed by atoms with Crippen molar-refractivity contribution in [3.8, 4) is 17.1 Å². The van der Waals surface area contributed by atoms with Crippen LogP contribution in [0.3, 0.4) is 0 Å². The number of aromatic nitrogens is 3. The van der Waals surface area contributed by atoms with Gasteiger partial charge in [-0.3, -0.25) is 4.90 Å². The van der Waals surface area contributed by atoms with E-state index in [1.807, 2.05) is 52.7 Å². The van der Waals surface area contributed by atoms with Crippen LogP contribution in [0.25, 0.3) is 11.4 Å². The fourth-order valence-corrected chi connectivity index (χ4v) is 4.22. The zero-order valence-electron chi connectivity index (χ0n) is 17.3. The fourth-order valence-electron chi connectivity index (χ4n) is 3.81. The monoisotopic (exact) mass is 443 g/mol. The van der Waals surface area contributed by atoms with Crippen molar-refractivity contribution >= 4 is 29.5 Å². The maximum atomic E-state index is 6.38. The topological polar surface area (TPSA) is 38.5 Å². The highest BCUT2D eigenvalue weighted by molar-refractivity contribution is 7.71. The summed E-state index contributed by atoms with van der Waals surface area (Å²) in [6, 6.07) is 16.0. The smallest absolute Gasteiger partial charge is 0.199 e. The van der Waals surface area contributed by atoms with Crippen LogP contribution < -0.4 is 9.64 Å². The lowest BCUT2D eigenvalue weighted by molar-refractivity contribution is 0.219. The second-order valence-electron chi connectivity index (χ2n) is 7.44. The molecule has 1 aliphatic rings. The molecule has 3 aromatic rings. The Hall–Kier alpha value is -2.35. The van der Waals surface area contributed by atoms with Crippen molar-refractivity contribution in [2.45, 2.75) is 13.1 Å². The number of benzene rings is 2. The van der Waals surface area contributed by atoms with E-state index >= 15 is 0 Å². The van der Waals surface area contributed by atoms with Gasteiger partial charge < -0.3 is 14.2 Å². The summed E-state index contributed by atoms with van der Waals surface area (Å²) in [5.74, 6) is 1.68. The second-order valence-corrected chi connectivity index (χ2v) is 8.22. The van der Waals surface area contributed by atoms with Gasteiger partial charge in [0.15, 0.2) is 10.6 Å². The molecule has 1 saturated heterocycles.